The zero-order valence-corrected chi connectivity index (χ0v) is 18.5. The molecule has 32 heavy (non-hydrogen) atoms. The van der Waals surface area contributed by atoms with Crippen LogP contribution >= 0.6 is 0 Å². The monoisotopic (exact) mass is 451 g/mol. The summed E-state index contributed by atoms with van der Waals surface area (Å²) < 4.78 is 30.6. The van der Waals surface area contributed by atoms with Crippen LogP contribution in [0, 0.1) is 0 Å². The Morgan fingerprint density at radius 1 is 1.06 bits per heavy atom. The summed E-state index contributed by atoms with van der Waals surface area (Å²) >= 11 is 0. The Hall–Kier alpha value is -3.79. The van der Waals surface area contributed by atoms with Crippen LogP contribution in [0.25, 0.3) is 17.1 Å². The molecule has 4 aromatic rings. The zero-order valence-electron chi connectivity index (χ0n) is 17.7. The number of nitrogens with zero attached hydrogens (tertiary/aromatic N) is 4. The van der Waals surface area contributed by atoms with Gasteiger partial charge in [0, 0.05) is 18.4 Å². The molecule has 3 heterocycles. The van der Waals surface area contributed by atoms with Crippen LogP contribution in [0.1, 0.15) is 36.0 Å². The van der Waals surface area contributed by atoms with E-state index in [1.165, 1.54) is 23.0 Å². The molecule has 0 saturated carbocycles. The van der Waals surface area contributed by atoms with Gasteiger partial charge < -0.3 is 4.42 Å². The molecule has 10 heteroatoms. The van der Waals surface area contributed by atoms with Gasteiger partial charge in [-0.3, -0.25) is 15.1 Å². The number of nitrogens with one attached hydrogen (secondary N) is 1. The van der Waals surface area contributed by atoms with Crippen LogP contribution in [-0.4, -0.2) is 40.3 Å². The van der Waals surface area contributed by atoms with Gasteiger partial charge in [0.15, 0.2) is 9.84 Å². The van der Waals surface area contributed by atoms with Crippen molar-refractivity contribution < 1.29 is 17.6 Å². The number of aromatic nitrogens is 4. The highest BCUT2D eigenvalue weighted by molar-refractivity contribution is 7.90. The quantitative estimate of drug-likeness (QED) is 0.474. The minimum Gasteiger partial charge on any atom is -0.427 e. The highest BCUT2D eigenvalue weighted by Gasteiger charge is 2.22. The first kappa shape index (κ1) is 21.4. The lowest BCUT2D eigenvalue weighted by atomic mass is 10.1. The molecular weight excluding hydrogens is 430 g/mol. The maximum absolute atomic E-state index is 12.9. The molecule has 0 atom stereocenters. The van der Waals surface area contributed by atoms with Crippen molar-refractivity contribution in [1.29, 1.82) is 0 Å². The predicted octanol–water partition coefficient (Wildman–Crippen LogP) is 3.70. The lowest BCUT2D eigenvalue weighted by molar-refractivity contribution is 0.101. The van der Waals surface area contributed by atoms with Gasteiger partial charge in [-0.05, 0) is 42.5 Å². The fourth-order valence-corrected chi connectivity index (χ4v) is 3.77. The summed E-state index contributed by atoms with van der Waals surface area (Å²) in [7, 11) is -3.32. The Bertz CT molecular complexity index is 1360. The fraction of sp³-hybridized carbons (Fsp3) is 0.182. The van der Waals surface area contributed by atoms with E-state index in [2.05, 4.69) is 20.4 Å². The van der Waals surface area contributed by atoms with Gasteiger partial charge in [0.1, 0.15) is 17.1 Å². The van der Waals surface area contributed by atoms with Gasteiger partial charge in [0.2, 0.25) is 0 Å². The summed E-state index contributed by atoms with van der Waals surface area (Å²) in [6, 6.07) is 13.2. The molecule has 9 nitrogen and oxygen atoms in total. The fourth-order valence-electron chi connectivity index (χ4n) is 3.14. The van der Waals surface area contributed by atoms with E-state index in [4.69, 9.17) is 4.42 Å². The van der Waals surface area contributed by atoms with Crippen molar-refractivity contribution in [3.63, 3.8) is 0 Å². The summed E-state index contributed by atoms with van der Waals surface area (Å²) in [6.07, 6.45) is 4.28. The molecule has 0 saturated heterocycles. The van der Waals surface area contributed by atoms with Gasteiger partial charge in [-0.15, -0.1) is 0 Å². The summed E-state index contributed by atoms with van der Waals surface area (Å²) in [5, 5.41) is 6.86. The summed E-state index contributed by atoms with van der Waals surface area (Å²) in [5.74, 6) is 0.173. The largest absolute Gasteiger partial charge is 0.427 e. The van der Waals surface area contributed by atoms with Crippen molar-refractivity contribution >= 4 is 21.8 Å². The van der Waals surface area contributed by atoms with Crippen LogP contribution in [-0.2, 0) is 9.84 Å². The SMILES string of the molecule is CC(C)c1oc(NC(=O)c2ccnn2-c2ccc(S(C)(=O)=O)cc2)nc1-c1ccccn1. The number of carbonyl (C=O) groups is 1. The number of pyridine rings is 1. The van der Waals surface area contributed by atoms with Gasteiger partial charge in [0.05, 0.1) is 22.5 Å². The number of carbonyl (C=O) groups excluding carboxylic acids is 1. The molecule has 0 spiro atoms. The second kappa shape index (κ2) is 8.39. The van der Waals surface area contributed by atoms with Crippen molar-refractivity contribution in [2.75, 3.05) is 11.6 Å². The van der Waals surface area contributed by atoms with Crippen molar-refractivity contribution in [3.05, 3.63) is 72.4 Å². The molecule has 4 rings (SSSR count). The molecule has 0 fully saturated rings. The number of hydrogen-bond acceptors (Lipinski definition) is 7. The topological polar surface area (TPSA) is 120 Å². The summed E-state index contributed by atoms with van der Waals surface area (Å²) in [6.45, 7) is 3.93. The van der Waals surface area contributed by atoms with E-state index < -0.39 is 15.7 Å². The molecule has 3 aromatic heterocycles. The normalized spacial score (nSPS) is 11.6. The van der Waals surface area contributed by atoms with Gasteiger partial charge in [-0.1, -0.05) is 19.9 Å². The van der Waals surface area contributed by atoms with Crippen LogP contribution < -0.4 is 5.32 Å². The Morgan fingerprint density at radius 2 is 1.81 bits per heavy atom. The molecular formula is C22H21N5O4S. The van der Waals surface area contributed by atoms with E-state index in [0.717, 1.165) is 6.26 Å². The molecule has 0 aliphatic heterocycles. The van der Waals surface area contributed by atoms with Crippen LogP contribution in [0.3, 0.4) is 0 Å². The van der Waals surface area contributed by atoms with Crippen LogP contribution in [0.2, 0.25) is 0 Å². The Morgan fingerprint density at radius 3 is 2.44 bits per heavy atom. The minimum absolute atomic E-state index is 0.0315. The van der Waals surface area contributed by atoms with E-state index in [1.54, 1.807) is 24.4 Å². The lowest BCUT2D eigenvalue weighted by Gasteiger charge is -2.07. The zero-order chi connectivity index (χ0) is 22.9. The van der Waals surface area contributed by atoms with Crippen LogP contribution in [0.4, 0.5) is 6.01 Å². The Balaban J connectivity index is 1.62. The minimum atomic E-state index is -3.32. The van der Waals surface area contributed by atoms with Gasteiger partial charge in [0.25, 0.3) is 5.91 Å². The highest BCUT2D eigenvalue weighted by atomic mass is 32.2. The molecule has 1 aromatic carbocycles. The first-order valence-corrected chi connectivity index (χ1v) is 11.7. The molecule has 1 N–H and O–H groups in total. The third kappa shape index (κ3) is 4.30. The summed E-state index contributed by atoms with van der Waals surface area (Å²) in [5.41, 5.74) is 2.00. The maximum Gasteiger partial charge on any atom is 0.302 e. The van der Waals surface area contributed by atoms with Crippen LogP contribution in [0.15, 0.2) is 70.2 Å². The standard InChI is InChI=1S/C22H21N5O4S/c1-14(2)20-19(17-6-4-5-12-23-17)25-22(31-20)26-21(28)18-11-13-24-27(18)15-7-9-16(10-8-15)32(3,29)30/h4-14H,1-3H3,(H,25,26,28). The average Bonchev–Trinajstić information content (AvgIpc) is 3.41. The third-order valence-electron chi connectivity index (χ3n) is 4.69. The number of rotatable bonds is 6. The maximum atomic E-state index is 12.9. The molecule has 0 radical (unpaired) electrons. The van der Waals surface area contributed by atoms with Gasteiger partial charge in [-0.2, -0.15) is 10.1 Å². The molecule has 0 aliphatic carbocycles. The van der Waals surface area contributed by atoms with E-state index in [1.807, 2.05) is 32.0 Å². The predicted molar refractivity (Wildman–Crippen MR) is 118 cm³/mol. The number of hydrogen-bond donors (Lipinski definition) is 1. The first-order chi connectivity index (χ1) is 15.2. The molecule has 0 bridgehead atoms. The first-order valence-electron chi connectivity index (χ1n) is 9.82. The number of benzene rings is 1. The van der Waals surface area contributed by atoms with Gasteiger partial charge in [-0.25, -0.2) is 13.1 Å². The van der Waals surface area contributed by atoms with E-state index in [0.29, 0.717) is 22.8 Å². The molecule has 0 aliphatic rings. The lowest BCUT2D eigenvalue weighted by Crippen LogP contribution is -2.17. The van der Waals surface area contributed by atoms with Crippen molar-refractivity contribution in [3.8, 4) is 17.1 Å². The highest BCUT2D eigenvalue weighted by Crippen LogP contribution is 2.30. The summed E-state index contributed by atoms with van der Waals surface area (Å²) in [4.78, 5) is 21.9. The number of amides is 1. The van der Waals surface area contributed by atoms with E-state index >= 15 is 0 Å². The van der Waals surface area contributed by atoms with Crippen LogP contribution in [0.5, 0.6) is 0 Å². The smallest absolute Gasteiger partial charge is 0.302 e. The van der Waals surface area contributed by atoms with E-state index in [9.17, 15) is 13.2 Å². The molecule has 1 amide bonds. The van der Waals surface area contributed by atoms with Crippen molar-refractivity contribution in [1.82, 2.24) is 19.7 Å². The number of anilines is 1. The Kier molecular flexibility index (Phi) is 5.62. The van der Waals surface area contributed by atoms with E-state index in [-0.39, 0.29) is 22.5 Å². The molecule has 0 unspecified atom stereocenters. The molecule has 164 valence electrons. The second-order valence-corrected chi connectivity index (χ2v) is 9.47. The average molecular weight is 452 g/mol. The number of sulfone groups is 1. The second-order valence-electron chi connectivity index (χ2n) is 7.45. The van der Waals surface area contributed by atoms with Crippen molar-refractivity contribution in [2.45, 2.75) is 24.7 Å². The van der Waals surface area contributed by atoms with Crippen molar-refractivity contribution in [2.24, 2.45) is 0 Å². The third-order valence-corrected chi connectivity index (χ3v) is 5.82. The Labute approximate surface area is 185 Å². The number of oxazole rings is 1. The van der Waals surface area contributed by atoms with Gasteiger partial charge >= 0.3 is 6.01 Å².